The number of amides is 1. The number of nitrogen functional groups attached to an aromatic ring is 1. The Kier molecular flexibility index (Phi) is 3.67. The highest BCUT2D eigenvalue weighted by Crippen LogP contribution is 2.23. The summed E-state index contributed by atoms with van der Waals surface area (Å²) in [4.78, 5) is 15.5. The van der Waals surface area contributed by atoms with Crippen LogP contribution in [0.2, 0.25) is 0 Å². The predicted molar refractivity (Wildman–Crippen MR) is 73.8 cm³/mol. The van der Waals surface area contributed by atoms with Gasteiger partial charge >= 0.3 is 5.22 Å². The number of anilines is 1. The fraction of sp³-hybridized carbons (Fsp3) is 0.333. The van der Waals surface area contributed by atoms with Crippen molar-refractivity contribution in [2.75, 3.05) is 12.3 Å². The van der Waals surface area contributed by atoms with Crippen LogP contribution in [0.3, 0.4) is 0 Å². The van der Waals surface area contributed by atoms with Crippen LogP contribution in [0.1, 0.15) is 13.8 Å². The van der Waals surface area contributed by atoms with Crippen LogP contribution in [0.4, 0.5) is 5.69 Å². The van der Waals surface area contributed by atoms with Gasteiger partial charge in [0.2, 0.25) is 15.7 Å². The summed E-state index contributed by atoms with van der Waals surface area (Å²) in [6, 6.07) is 4.62. The van der Waals surface area contributed by atoms with E-state index in [2.05, 4.69) is 10.3 Å². The topological polar surface area (TPSA) is 115 Å². The number of rotatable bonds is 4. The molecule has 1 aromatic carbocycles. The second-order valence-electron chi connectivity index (χ2n) is 4.29. The Morgan fingerprint density at radius 3 is 2.85 bits per heavy atom. The molecule has 0 aliphatic carbocycles. The van der Waals surface area contributed by atoms with Crippen molar-refractivity contribution in [2.24, 2.45) is 0 Å². The lowest BCUT2D eigenvalue weighted by molar-refractivity contribution is -0.120. The molecule has 1 amide bonds. The largest absolute Gasteiger partial charge is 0.428 e. The van der Waals surface area contributed by atoms with Gasteiger partial charge in [-0.2, -0.15) is 4.98 Å². The van der Waals surface area contributed by atoms with Crippen LogP contribution in [-0.4, -0.2) is 31.1 Å². The number of nitrogens with zero attached hydrogens (tertiary/aromatic N) is 1. The molecule has 0 bridgehead atoms. The molecule has 0 spiro atoms. The zero-order valence-electron chi connectivity index (χ0n) is 11.1. The van der Waals surface area contributed by atoms with Crippen LogP contribution in [0.25, 0.3) is 11.1 Å². The van der Waals surface area contributed by atoms with E-state index in [1.807, 2.05) is 0 Å². The molecule has 0 fully saturated rings. The van der Waals surface area contributed by atoms with Crippen LogP contribution >= 0.6 is 0 Å². The summed E-state index contributed by atoms with van der Waals surface area (Å²) in [6.45, 7) is 3.35. The first-order valence-electron chi connectivity index (χ1n) is 6.04. The number of aromatic nitrogens is 1. The Balaban J connectivity index is 2.43. The zero-order chi connectivity index (χ0) is 14.9. The number of benzene rings is 1. The van der Waals surface area contributed by atoms with Crippen LogP contribution in [0.15, 0.2) is 27.8 Å². The molecule has 0 saturated carbocycles. The van der Waals surface area contributed by atoms with Gasteiger partial charge in [0.05, 0.1) is 0 Å². The smallest absolute Gasteiger partial charge is 0.316 e. The first kappa shape index (κ1) is 14.3. The molecule has 1 heterocycles. The van der Waals surface area contributed by atoms with Gasteiger partial charge in [0.15, 0.2) is 5.58 Å². The third kappa shape index (κ3) is 2.46. The Hall–Kier alpha value is -2.09. The molecule has 7 nitrogen and oxygen atoms in total. The Morgan fingerprint density at radius 1 is 1.50 bits per heavy atom. The van der Waals surface area contributed by atoms with Crippen molar-refractivity contribution in [1.82, 2.24) is 10.3 Å². The van der Waals surface area contributed by atoms with E-state index in [1.165, 1.54) is 19.1 Å². The van der Waals surface area contributed by atoms with E-state index in [4.69, 9.17) is 10.2 Å². The Morgan fingerprint density at radius 2 is 2.20 bits per heavy atom. The van der Waals surface area contributed by atoms with Crippen molar-refractivity contribution < 1.29 is 17.6 Å². The SMILES string of the molecule is CCNC(=O)C(C)S(=O)(=O)c1nc2cc(N)ccc2o1. The van der Waals surface area contributed by atoms with Gasteiger partial charge in [0.25, 0.3) is 0 Å². The van der Waals surface area contributed by atoms with Crippen LogP contribution in [-0.2, 0) is 14.6 Å². The Bertz CT molecular complexity index is 751. The van der Waals surface area contributed by atoms with Gasteiger partial charge in [-0.05, 0) is 32.0 Å². The third-order valence-corrected chi connectivity index (χ3v) is 4.63. The standard InChI is InChI=1S/C12H15N3O4S/c1-3-14-11(16)7(2)20(17,18)12-15-9-6-8(13)4-5-10(9)19-12/h4-7H,3,13H2,1-2H3,(H,14,16). The molecule has 8 heteroatoms. The van der Waals surface area contributed by atoms with E-state index < -0.39 is 26.2 Å². The summed E-state index contributed by atoms with van der Waals surface area (Å²) in [5.74, 6) is -0.589. The minimum absolute atomic E-state index is 0.306. The average Bonchev–Trinajstić information content (AvgIpc) is 2.81. The molecule has 0 saturated heterocycles. The molecule has 1 aromatic heterocycles. The summed E-state index contributed by atoms with van der Waals surface area (Å²) >= 11 is 0. The third-order valence-electron chi connectivity index (χ3n) is 2.82. The summed E-state index contributed by atoms with van der Waals surface area (Å²) in [5, 5.41) is 0.711. The maximum Gasteiger partial charge on any atom is 0.316 e. The zero-order valence-corrected chi connectivity index (χ0v) is 11.9. The first-order valence-corrected chi connectivity index (χ1v) is 7.58. The number of nitrogens with two attached hydrogens (primary N) is 1. The fourth-order valence-electron chi connectivity index (χ4n) is 1.66. The summed E-state index contributed by atoms with van der Waals surface area (Å²) < 4.78 is 29.7. The van der Waals surface area contributed by atoms with Crippen molar-refractivity contribution in [3.8, 4) is 0 Å². The summed E-state index contributed by atoms with van der Waals surface area (Å²) in [7, 11) is -3.97. The lowest BCUT2D eigenvalue weighted by Gasteiger charge is -2.09. The van der Waals surface area contributed by atoms with E-state index in [0.29, 0.717) is 23.3 Å². The Labute approximate surface area is 116 Å². The molecular weight excluding hydrogens is 282 g/mol. The first-order chi connectivity index (χ1) is 9.36. The van der Waals surface area contributed by atoms with Crippen molar-refractivity contribution in [3.63, 3.8) is 0 Å². The van der Waals surface area contributed by atoms with Crippen molar-refractivity contribution in [2.45, 2.75) is 24.3 Å². The number of hydrogen-bond acceptors (Lipinski definition) is 6. The number of carbonyl (C=O) groups is 1. The van der Waals surface area contributed by atoms with E-state index in [9.17, 15) is 13.2 Å². The molecule has 2 aromatic rings. The predicted octanol–water partition coefficient (Wildman–Crippen LogP) is 0.708. The highest BCUT2D eigenvalue weighted by Gasteiger charge is 2.34. The molecule has 2 rings (SSSR count). The summed E-state index contributed by atoms with van der Waals surface area (Å²) in [6.07, 6.45) is 0. The van der Waals surface area contributed by atoms with Gasteiger partial charge in [0, 0.05) is 12.2 Å². The molecular formula is C12H15N3O4S. The molecule has 0 aliphatic heterocycles. The lowest BCUT2D eigenvalue weighted by atomic mass is 10.3. The molecule has 1 unspecified atom stereocenters. The molecule has 108 valence electrons. The molecule has 0 radical (unpaired) electrons. The number of fused-ring (bicyclic) bond motifs is 1. The van der Waals surface area contributed by atoms with Crippen molar-refractivity contribution >= 4 is 32.5 Å². The van der Waals surface area contributed by atoms with Gasteiger partial charge in [-0.15, -0.1) is 0 Å². The number of oxazole rings is 1. The highest BCUT2D eigenvalue weighted by atomic mass is 32.2. The maximum atomic E-state index is 12.3. The number of hydrogen-bond donors (Lipinski definition) is 2. The van der Waals surface area contributed by atoms with Gasteiger partial charge in [-0.1, -0.05) is 0 Å². The number of carbonyl (C=O) groups excluding carboxylic acids is 1. The number of sulfone groups is 1. The molecule has 3 N–H and O–H groups in total. The van der Waals surface area contributed by atoms with E-state index in [1.54, 1.807) is 13.0 Å². The van der Waals surface area contributed by atoms with Gasteiger partial charge in [-0.3, -0.25) is 4.79 Å². The normalized spacial score (nSPS) is 13.3. The van der Waals surface area contributed by atoms with Crippen molar-refractivity contribution in [1.29, 1.82) is 0 Å². The average molecular weight is 297 g/mol. The fourth-order valence-corrected chi connectivity index (χ4v) is 2.75. The quantitative estimate of drug-likeness (QED) is 0.803. The van der Waals surface area contributed by atoms with Gasteiger partial charge < -0.3 is 15.5 Å². The minimum Gasteiger partial charge on any atom is -0.428 e. The maximum absolute atomic E-state index is 12.3. The summed E-state index contributed by atoms with van der Waals surface area (Å²) in [5.41, 5.74) is 6.69. The van der Waals surface area contributed by atoms with Gasteiger partial charge in [0.1, 0.15) is 10.8 Å². The highest BCUT2D eigenvalue weighted by molar-refractivity contribution is 7.92. The van der Waals surface area contributed by atoms with E-state index >= 15 is 0 Å². The monoisotopic (exact) mass is 297 g/mol. The van der Waals surface area contributed by atoms with E-state index in [-0.39, 0.29) is 0 Å². The van der Waals surface area contributed by atoms with Gasteiger partial charge in [-0.25, -0.2) is 8.42 Å². The second-order valence-corrected chi connectivity index (χ2v) is 6.44. The molecule has 20 heavy (non-hydrogen) atoms. The minimum atomic E-state index is -3.97. The number of nitrogens with one attached hydrogen (secondary N) is 1. The molecule has 0 aliphatic rings. The van der Waals surface area contributed by atoms with E-state index in [0.717, 1.165) is 0 Å². The van der Waals surface area contributed by atoms with Crippen LogP contribution < -0.4 is 11.1 Å². The lowest BCUT2D eigenvalue weighted by Crippen LogP contribution is -2.37. The van der Waals surface area contributed by atoms with Crippen LogP contribution in [0.5, 0.6) is 0 Å². The van der Waals surface area contributed by atoms with Crippen LogP contribution in [0, 0.1) is 0 Å². The second kappa shape index (κ2) is 5.12. The van der Waals surface area contributed by atoms with Crippen molar-refractivity contribution in [3.05, 3.63) is 18.2 Å². The molecule has 1 atom stereocenters.